The van der Waals surface area contributed by atoms with Gasteiger partial charge in [0.05, 0.1) is 23.7 Å². The second kappa shape index (κ2) is 6.45. The van der Waals surface area contributed by atoms with Crippen LogP contribution in [0.4, 0.5) is 0 Å². The Morgan fingerprint density at radius 1 is 0.667 bits per heavy atom. The van der Waals surface area contributed by atoms with Gasteiger partial charge in [-0.2, -0.15) is 20.3 Å². The molecule has 6 unspecified atom stereocenters. The fourth-order valence-corrected chi connectivity index (χ4v) is 5.63. The highest BCUT2D eigenvalue weighted by atomic mass is 16.2. The smallest absolute Gasteiger partial charge is 0.246 e. The van der Waals surface area contributed by atoms with E-state index in [1.54, 1.807) is 12.4 Å². The average Bonchev–Trinajstić information content (AvgIpc) is 3.05. The number of hydrogen-bond acceptors (Lipinski definition) is 6. The SMILES string of the molecule is N#CN1C(=O)C2CCC(CC3CCC4C(=O)N(C#N)C(=O)C4C3)CC2C1=O. The van der Waals surface area contributed by atoms with Gasteiger partial charge in [-0.3, -0.25) is 19.2 Å². The standard InChI is InChI=1S/C19H20N4O4/c20-8-22-16(24)12-3-1-10(6-14(12)18(22)26)5-11-2-4-13-15(7-11)19(27)23(9-21)17(13)25/h10-15H,1-7H2. The van der Waals surface area contributed by atoms with Crippen LogP contribution in [-0.2, 0) is 19.2 Å². The lowest BCUT2D eigenvalue weighted by Crippen LogP contribution is -2.31. The van der Waals surface area contributed by atoms with Crippen molar-refractivity contribution in [2.24, 2.45) is 35.5 Å². The number of likely N-dealkylation sites (tertiary alicyclic amines) is 2. The zero-order chi connectivity index (χ0) is 19.3. The summed E-state index contributed by atoms with van der Waals surface area (Å²) in [6.45, 7) is 0. The van der Waals surface area contributed by atoms with Crippen molar-refractivity contribution in [1.82, 2.24) is 9.80 Å². The van der Waals surface area contributed by atoms with Crippen molar-refractivity contribution in [3.8, 4) is 12.4 Å². The van der Waals surface area contributed by atoms with Gasteiger partial charge in [0.15, 0.2) is 12.4 Å². The van der Waals surface area contributed by atoms with Gasteiger partial charge in [0, 0.05) is 0 Å². The van der Waals surface area contributed by atoms with Gasteiger partial charge >= 0.3 is 0 Å². The van der Waals surface area contributed by atoms with E-state index in [1.807, 2.05) is 0 Å². The molecule has 0 N–H and O–H groups in total. The molecule has 0 aromatic heterocycles. The lowest BCUT2D eigenvalue weighted by atomic mass is 9.68. The van der Waals surface area contributed by atoms with Crippen LogP contribution in [0.15, 0.2) is 0 Å². The van der Waals surface area contributed by atoms with E-state index < -0.39 is 11.8 Å². The summed E-state index contributed by atoms with van der Waals surface area (Å²) in [6, 6.07) is 0. The molecule has 8 nitrogen and oxygen atoms in total. The van der Waals surface area contributed by atoms with E-state index in [0.717, 1.165) is 19.3 Å². The number of hydrogen-bond donors (Lipinski definition) is 0. The molecule has 0 radical (unpaired) electrons. The second-order valence-corrected chi connectivity index (χ2v) is 8.24. The van der Waals surface area contributed by atoms with Crippen LogP contribution in [0, 0.1) is 58.4 Å². The minimum atomic E-state index is -0.393. The Morgan fingerprint density at radius 3 is 1.41 bits per heavy atom. The highest BCUT2D eigenvalue weighted by molar-refractivity contribution is 6.07. The van der Waals surface area contributed by atoms with Crippen LogP contribution >= 0.6 is 0 Å². The number of fused-ring (bicyclic) bond motifs is 2. The van der Waals surface area contributed by atoms with Crippen LogP contribution in [0.3, 0.4) is 0 Å². The van der Waals surface area contributed by atoms with Crippen molar-refractivity contribution in [1.29, 1.82) is 10.5 Å². The molecule has 2 aliphatic heterocycles. The Labute approximate surface area is 156 Å². The third-order valence-corrected chi connectivity index (χ3v) is 6.93. The predicted octanol–water partition coefficient (Wildman–Crippen LogP) is 1.14. The zero-order valence-corrected chi connectivity index (χ0v) is 14.8. The fourth-order valence-electron chi connectivity index (χ4n) is 5.63. The number of carbonyl (C=O) groups excluding carboxylic acids is 4. The van der Waals surface area contributed by atoms with Gasteiger partial charge in [-0.1, -0.05) is 0 Å². The third-order valence-electron chi connectivity index (χ3n) is 6.93. The van der Waals surface area contributed by atoms with E-state index in [2.05, 4.69) is 0 Å². The van der Waals surface area contributed by atoms with Crippen molar-refractivity contribution in [2.75, 3.05) is 0 Å². The largest absolute Gasteiger partial charge is 0.273 e. The molecule has 0 bridgehead atoms. The summed E-state index contributed by atoms with van der Waals surface area (Å²) < 4.78 is 0. The van der Waals surface area contributed by atoms with Crippen molar-refractivity contribution < 1.29 is 19.2 Å². The van der Waals surface area contributed by atoms with Gasteiger partial charge in [0.25, 0.3) is 0 Å². The van der Waals surface area contributed by atoms with E-state index in [4.69, 9.17) is 10.5 Å². The lowest BCUT2D eigenvalue weighted by Gasteiger charge is -2.34. The topological polar surface area (TPSA) is 122 Å². The first-order valence-corrected chi connectivity index (χ1v) is 9.51. The zero-order valence-electron chi connectivity index (χ0n) is 14.8. The van der Waals surface area contributed by atoms with Crippen LogP contribution < -0.4 is 0 Å². The van der Waals surface area contributed by atoms with Crippen LogP contribution in [0.1, 0.15) is 44.9 Å². The lowest BCUT2D eigenvalue weighted by molar-refractivity contribution is -0.137. The summed E-state index contributed by atoms with van der Waals surface area (Å²) >= 11 is 0. The van der Waals surface area contributed by atoms with E-state index in [-0.39, 0.29) is 47.3 Å². The molecule has 4 aliphatic rings. The summed E-state index contributed by atoms with van der Waals surface area (Å²) in [5.41, 5.74) is 0. The monoisotopic (exact) mass is 368 g/mol. The molecule has 8 heteroatoms. The van der Waals surface area contributed by atoms with E-state index in [9.17, 15) is 19.2 Å². The van der Waals surface area contributed by atoms with Crippen molar-refractivity contribution in [3.63, 3.8) is 0 Å². The Morgan fingerprint density at radius 2 is 1.04 bits per heavy atom. The first kappa shape index (κ1) is 17.7. The number of amides is 4. The van der Waals surface area contributed by atoms with Crippen molar-refractivity contribution >= 4 is 23.6 Å². The molecule has 27 heavy (non-hydrogen) atoms. The molecule has 0 aromatic rings. The van der Waals surface area contributed by atoms with E-state index in [1.165, 1.54) is 0 Å². The van der Waals surface area contributed by atoms with Crippen LogP contribution in [-0.4, -0.2) is 33.4 Å². The summed E-state index contributed by atoms with van der Waals surface area (Å²) in [7, 11) is 0. The van der Waals surface area contributed by atoms with Crippen LogP contribution in [0.25, 0.3) is 0 Å². The summed E-state index contributed by atoms with van der Waals surface area (Å²) in [6.07, 6.45) is 8.37. The average molecular weight is 368 g/mol. The first-order chi connectivity index (χ1) is 13.0. The van der Waals surface area contributed by atoms with Crippen LogP contribution in [0.5, 0.6) is 0 Å². The highest BCUT2D eigenvalue weighted by Crippen LogP contribution is 2.46. The molecule has 4 amide bonds. The molecule has 4 rings (SSSR count). The molecule has 140 valence electrons. The molecule has 0 aromatic carbocycles. The molecule has 2 aliphatic carbocycles. The molecular formula is C19H20N4O4. The molecule has 2 saturated heterocycles. The maximum Gasteiger partial charge on any atom is 0.246 e. The summed E-state index contributed by atoms with van der Waals surface area (Å²) in [4.78, 5) is 50.2. The molecular weight excluding hydrogens is 348 g/mol. The Bertz CT molecular complexity index is 744. The maximum absolute atomic E-state index is 12.3. The summed E-state index contributed by atoms with van der Waals surface area (Å²) in [5, 5.41) is 18.0. The number of nitriles is 2. The van der Waals surface area contributed by atoms with Gasteiger partial charge in [-0.15, -0.1) is 0 Å². The van der Waals surface area contributed by atoms with Gasteiger partial charge in [0.1, 0.15) is 0 Å². The number of nitrogens with zero attached hydrogens (tertiary/aromatic N) is 4. The molecule has 2 saturated carbocycles. The number of rotatable bonds is 2. The van der Waals surface area contributed by atoms with Crippen LogP contribution in [0.2, 0.25) is 0 Å². The van der Waals surface area contributed by atoms with Crippen molar-refractivity contribution in [3.05, 3.63) is 0 Å². The molecule has 4 fully saturated rings. The Balaban J connectivity index is 1.39. The van der Waals surface area contributed by atoms with E-state index in [0.29, 0.717) is 35.5 Å². The van der Waals surface area contributed by atoms with Gasteiger partial charge in [-0.25, -0.2) is 0 Å². The minimum absolute atomic E-state index is 0.280. The molecule has 6 atom stereocenters. The number of imide groups is 2. The first-order valence-electron chi connectivity index (χ1n) is 9.51. The second-order valence-electron chi connectivity index (χ2n) is 8.24. The normalized spacial score (nSPS) is 38.4. The van der Waals surface area contributed by atoms with Crippen molar-refractivity contribution in [2.45, 2.75) is 44.9 Å². The highest BCUT2D eigenvalue weighted by Gasteiger charge is 2.52. The van der Waals surface area contributed by atoms with Gasteiger partial charge in [-0.05, 0) is 56.8 Å². The maximum atomic E-state index is 12.3. The fraction of sp³-hybridized carbons (Fsp3) is 0.684. The summed E-state index contributed by atoms with van der Waals surface area (Å²) in [5.74, 6) is -2.41. The quantitative estimate of drug-likeness (QED) is 0.532. The predicted molar refractivity (Wildman–Crippen MR) is 88.2 cm³/mol. The Hall–Kier alpha value is -2.74. The Kier molecular flexibility index (Phi) is 4.22. The number of carbonyl (C=O) groups is 4. The molecule has 2 heterocycles. The molecule has 0 spiro atoms. The third kappa shape index (κ3) is 2.63. The van der Waals surface area contributed by atoms with Gasteiger partial charge < -0.3 is 0 Å². The van der Waals surface area contributed by atoms with E-state index >= 15 is 0 Å². The minimum Gasteiger partial charge on any atom is -0.273 e. The van der Waals surface area contributed by atoms with Gasteiger partial charge in [0.2, 0.25) is 23.6 Å².